The average molecular weight is 463 g/mol. The third kappa shape index (κ3) is 9.23. The second-order valence-electron chi connectivity index (χ2n) is 9.96. The summed E-state index contributed by atoms with van der Waals surface area (Å²) in [5, 5.41) is 19.7. The fourth-order valence-electron chi connectivity index (χ4n) is 4.82. The number of nitrogens with two attached hydrogens (primary N) is 1. The molecular weight excluding hydrogens is 416 g/mol. The van der Waals surface area contributed by atoms with Gasteiger partial charge in [0, 0.05) is 51.4 Å². The quantitative estimate of drug-likeness (QED) is 0.277. The van der Waals surface area contributed by atoms with E-state index in [9.17, 15) is 0 Å². The largest absolute Gasteiger partial charge is 0.395 e. The van der Waals surface area contributed by atoms with Crippen LogP contribution in [0, 0.1) is 11.8 Å². The van der Waals surface area contributed by atoms with Gasteiger partial charge in [-0.3, -0.25) is 4.90 Å². The van der Waals surface area contributed by atoms with Gasteiger partial charge < -0.3 is 31.7 Å². The molecule has 0 atom stereocenters. The summed E-state index contributed by atoms with van der Waals surface area (Å²) in [5.74, 6) is 3.53. The van der Waals surface area contributed by atoms with Crippen molar-refractivity contribution in [3.05, 3.63) is 6.07 Å². The molecule has 188 valence electrons. The third-order valence-electron chi connectivity index (χ3n) is 6.88. The molecule has 0 unspecified atom stereocenters. The Bertz CT molecular complexity index is 672. The average Bonchev–Trinajstić information content (AvgIpc) is 2.81. The highest BCUT2D eigenvalue weighted by atomic mass is 16.3. The molecule has 1 saturated heterocycles. The van der Waals surface area contributed by atoms with Gasteiger partial charge in [-0.25, -0.2) is 0 Å². The number of anilines is 3. The first-order valence-electron chi connectivity index (χ1n) is 12.9. The number of aliphatic hydroxyl groups excluding tert-OH is 1. The van der Waals surface area contributed by atoms with Crippen molar-refractivity contribution in [2.45, 2.75) is 52.0 Å². The molecule has 1 aliphatic heterocycles. The van der Waals surface area contributed by atoms with Crippen molar-refractivity contribution >= 4 is 17.6 Å². The molecule has 9 heteroatoms. The lowest BCUT2D eigenvalue weighted by Crippen LogP contribution is -2.47. The number of aromatic nitrogens is 2. The predicted molar refractivity (Wildman–Crippen MR) is 137 cm³/mol. The Morgan fingerprint density at radius 2 is 1.73 bits per heavy atom. The van der Waals surface area contributed by atoms with Crippen molar-refractivity contribution in [2.24, 2.45) is 11.8 Å². The van der Waals surface area contributed by atoms with Crippen molar-refractivity contribution in [2.75, 3.05) is 81.5 Å². The van der Waals surface area contributed by atoms with Crippen LogP contribution in [0.5, 0.6) is 0 Å². The zero-order chi connectivity index (χ0) is 23.5. The lowest BCUT2D eigenvalue weighted by Gasteiger charge is -2.35. The van der Waals surface area contributed by atoms with Crippen LogP contribution < -0.4 is 26.6 Å². The maximum absolute atomic E-state index is 9.13. The fraction of sp³-hybridized carbons (Fsp3) is 0.833. The van der Waals surface area contributed by atoms with Crippen LogP contribution in [0.2, 0.25) is 0 Å². The number of hydrogen-bond donors (Lipinski definition) is 5. The molecule has 0 bridgehead atoms. The van der Waals surface area contributed by atoms with Crippen LogP contribution in [0.1, 0.15) is 46.0 Å². The maximum Gasteiger partial charge on any atom is 0.226 e. The lowest BCUT2D eigenvalue weighted by molar-refractivity contribution is 0.188. The van der Waals surface area contributed by atoms with E-state index in [4.69, 9.17) is 15.8 Å². The van der Waals surface area contributed by atoms with E-state index in [1.807, 2.05) is 6.07 Å². The van der Waals surface area contributed by atoms with Gasteiger partial charge in [-0.2, -0.15) is 9.97 Å². The number of aliphatic hydroxyl groups is 1. The highest BCUT2D eigenvalue weighted by Crippen LogP contribution is 2.28. The first-order chi connectivity index (χ1) is 16.0. The van der Waals surface area contributed by atoms with E-state index in [-0.39, 0.29) is 6.61 Å². The molecule has 0 aromatic carbocycles. The van der Waals surface area contributed by atoms with Crippen molar-refractivity contribution in [1.29, 1.82) is 0 Å². The molecule has 2 heterocycles. The van der Waals surface area contributed by atoms with Gasteiger partial charge >= 0.3 is 0 Å². The highest BCUT2D eigenvalue weighted by Gasteiger charge is 2.22. The van der Waals surface area contributed by atoms with Gasteiger partial charge in [0.25, 0.3) is 0 Å². The Balaban J connectivity index is 1.34. The number of rotatable bonds is 13. The first-order valence-corrected chi connectivity index (χ1v) is 12.9. The molecule has 1 saturated carbocycles. The van der Waals surface area contributed by atoms with Gasteiger partial charge in [0.2, 0.25) is 5.95 Å². The number of nitrogens with one attached hydrogen (secondary N) is 3. The molecule has 3 rings (SSSR count). The minimum absolute atomic E-state index is 0.211. The Labute approximate surface area is 199 Å². The van der Waals surface area contributed by atoms with E-state index in [2.05, 4.69) is 44.6 Å². The number of piperazine rings is 1. The zero-order valence-corrected chi connectivity index (χ0v) is 20.7. The van der Waals surface area contributed by atoms with Gasteiger partial charge in [0.15, 0.2) is 0 Å². The molecule has 0 amide bonds. The summed E-state index contributed by atoms with van der Waals surface area (Å²) in [6, 6.07) is 2.44. The van der Waals surface area contributed by atoms with Crippen LogP contribution in [0.25, 0.3) is 0 Å². The Kier molecular flexibility index (Phi) is 10.9. The fourth-order valence-corrected chi connectivity index (χ4v) is 4.82. The van der Waals surface area contributed by atoms with Crippen LogP contribution in [-0.2, 0) is 0 Å². The topological polar surface area (TPSA) is 115 Å². The number of hydrogen-bond acceptors (Lipinski definition) is 9. The van der Waals surface area contributed by atoms with Crippen LogP contribution in [0.3, 0.4) is 0 Å². The second-order valence-corrected chi connectivity index (χ2v) is 9.96. The van der Waals surface area contributed by atoms with Crippen LogP contribution in [0.15, 0.2) is 6.07 Å². The minimum atomic E-state index is 0.211. The van der Waals surface area contributed by atoms with Crippen molar-refractivity contribution < 1.29 is 5.11 Å². The summed E-state index contributed by atoms with van der Waals surface area (Å²) >= 11 is 0. The van der Waals surface area contributed by atoms with E-state index in [0.29, 0.717) is 23.7 Å². The summed E-state index contributed by atoms with van der Waals surface area (Å²) in [5.41, 5.74) is 6.09. The standard InChI is InChI=1S/C24H46N8O/c1-19(2)27-9-3-8-26-17-20-4-6-21(7-5-20)18-28-24-29-22(25)16-23(30-24)32-12-10-31(11-13-32)14-15-33/h16,19-21,26-27,33H,3-15,17-18H2,1-2H3,(H3,25,28,29,30)/t20-,21-. The van der Waals surface area contributed by atoms with Crippen molar-refractivity contribution in [3.63, 3.8) is 0 Å². The van der Waals surface area contributed by atoms with Crippen molar-refractivity contribution in [3.8, 4) is 0 Å². The summed E-state index contributed by atoms with van der Waals surface area (Å²) in [6.07, 6.45) is 6.31. The van der Waals surface area contributed by atoms with Crippen LogP contribution in [-0.4, -0.2) is 91.5 Å². The maximum atomic E-state index is 9.13. The van der Waals surface area contributed by atoms with Crippen LogP contribution >= 0.6 is 0 Å². The van der Waals surface area contributed by atoms with E-state index in [1.165, 1.54) is 32.1 Å². The Morgan fingerprint density at radius 3 is 2.39 bits per heavy atom. The van der Waals surface area contributed by atoms with Gasteiger partial charge in [0.05, 0.1) is 6.61 Å². The molecule has 1 aromatic rings. The summed E-state index contributed by atoms with van der Waals surface area (Å²) in [4.78, 5) is 13.7. The molecule has 9 nitrogen and oxygen atoms in total. The van der Waals surface area contributed by atoms with E-state index >= 15 is 0 Å². The normalized spacial score (nSPS) is 22.1. The molecule has 0 spiro atoms. The van der Waals surface area contributed by atoms with Gasteiger partial charge in [-0.1, -0.05) is 13.8 Å². The molecule has 1 aliphatic carbocycles. The molecule has 1 aromatic heterocycles. The zero-order valence-electron chi connectivity index (χ0n) is 20.7. The lowest BCUT2D eigenvalue weighted by atomic mass is 9.82. The smallest absolute Gasteiger partial charge is 0.226 e. The van der Waals surface area contributed by atoms with Gasteiger partial charge in [0.1, 0.15) is 11.6 Å². The molecule has 2 fully saturated rings. The molecular formula is C24H46N8O. The van der Waals surface area contributed by atoms with Crippen molar-refractivity contribution in [1.82, 2.24) is 25.5 Å². The molecule has 6 N–H and O–H groups in total. The summed E-state index contributed by atoms with van der Waals surface area (Å²) < 4.78 is 0. The number of nitrogens with zero attached hydrogens (tertiary/aromatic N) is 4. The predicted octanol–water partition coefficient (Wildman–Crippen LogP) is 1.37. The minimum Gasteiger partial charge on any atom is -0.395 e. The van der Waals surface area contributed by atoms with Crippen LogP contribution in [0.4, 0.5) is 17.6 Å². The molecule has 33 heavy (non-hydrogen) atoms. The van der Waals surface area contributed by atoms with E-state index < -0.39 is 0 Å². The SMILES string of the molecule is CC(C)NCCCNC[C@H]1CC[C@H](CNc2nc(N)cc(N3CCN(CCO)CC3)n2)CC1. The monoisotopic (exact) mass is 462 g/mol. The number of β-amino-alcohol motifs (C(OH)–C–C–N with tert-alkyl or cyclic N) is 1. The first kappa shape index (κ1) is 25.9. The van der Waals surface area contributed by atoms with E-state index in [1.54, 1.807) is 0 Å². The Morgan fingerprint density at radius 1 is 1.03 bits per heavy atom. The molecule has 0 radical (unpaired) electrons. The highest BCUT2D eigenvalue weighted by molar-refractivity contribution is 5.51. The third-order valence-corrected chi connectivity index (χ3v) is 6.88. The number of nitrogen functional groups attached to an aromatic ring is 1. The van der Waals surface area contributed by atoms with Gasteiger partial charge in [-0.05, 0) is 63.6 Å². The summed E-state index contributed by atoms with van der Waals surface area (Å²) in [7, 11) is 0. The van der Waals surface area contributed by atoms with E-state index in [0.717, 1.165) is 70.6 Å². The second kappa shape index (κ2) is 13.9. The van der Waals surface area contributed by atoms with Gasteiger partial charge in [-0.15, -0.1) is 0 Å². The molecule has 2 aliphatic rings. The summed E-state index contributed by atoms with van der Waals surface area (Å²) in [6.45, 7) is 13.2. The Hall–Kier alpha value is -1.68.